The number of hydrogen-bond acceptors (Lipinski definition) is 3. The molecule has 0 saturated carbocycles. The minimum absolute atomic E-state index is 0.732. The maximum absolute atomic E-state index is 5.48. The zero-order valence-electron chi connectivity index (χ0n) is 26.1. The van der Waals surface area contributed by atoms with Crippen molar-refractivity contribution in [2.75, 3.05) is 0 Å². The van der Waals surface area contributed by atoms with E-state index in [1.807, 2.05) is 6.07 Å². The molecule has 12 aromatic rings. The maximum Gasteiger partial charge on any atom is 0.162 e. The Morgan fingerprint density at radius 1 is 0.469 bits per heavy atom. The van der Waals surface area contributed by atoms with Gasteiger partial charge in [0.2, 0.25) is 0 Å². The van der Waals surface area contributed by atoms with Crippen molar-refractivity contribution in [1.29, 1.82) is 0 Å². The summed E-state index contributed by atoms with van der Waals surface area (Å²) in [6.07, 6.45) is 0. The average molecular weight is 641 g/mol. The topological polar surface area (TPSA) is 35.1 Å². The van der Waals surface area contributed by atoms with Gasteiger partial charge in [-0.15, -0.1) is 11.3 Å². The highest BCUT2D eigenvalue weighted by molar-refractivity contribution is 7.26. The molecule has 5 heterocycles. The highest BCUT2D eigenvalue weighted by Crippen LogP contribution is 2.48. The molecule has 5 heteroatoms. The van der Waals surface area contributed by atoms with Gasteiger partial charge < -0.3 is 4.40 Å². The summed E-state index contributed by atoms with van der Waals surface area (Å²) >= 11 is 1.78. The van der Waals surface area contributed by atoms with Gasteiger partial charge in [0.15, 0.2) is 11.6 Å². The van der Waals surface area contributed by atoms with Gasteiger partial charge in [-0.2, -0.15) is 0 Å². The highest BCUT2D eigenvalue weighted by atomic mass is 32.1. The van der Waals surface area contributed by atoms with Crippen molar-refractivity contribution in [3.8, 4) is 17.2 Å². The molecule has 0 spiro atoms. The number of thiophene rings is 1. The van der Waals surface area contributed by atoms with Gasteiger partial charge in [-0.25, -0.2) is 9.97 Å². The Bertz CT molecular complexity index is 3330. The van der Waals surface area contributed by atoms with Crippen LogP contribution in [0.1, 0.15) is 0 Å². The number of rotatable bonds is 2. The van der Waals surface area contributed by atoms with E-state index in [2.05, 4.69) is 148 Å². The maximum atomic E-state index is 5.48. The fourth-order valence-electron chi connectivity index (χ4n) is 8.44. The molecular formula is C44H24N4S. The highest BCUT2D eigenvalue weighted by Gasteiger charge is 2.27. The van der Waals surface area contributed by atoms with E-state index < -0.39 is 0 Å². The van der Waals surface area contributed by atoms with E-state index in [-0.39, 0.29) is 0 Å². The molecule has 12 rings (SSSR count). The predicted octanol–water partition coefficient (Wildman–Crippen LogP) is 11.9. The lowest BCUT2D eigenvalue weighted by atomic mass is 10.00. The van der Waals surface area contributed by atoms with E-state index in [0.29, 0.717) is 0 Å². The molecule has 226 valence electrons. The molecule has 0 radical (unpaired) electrons. The minimum Gasteiger partial charge on any atom is -0.308 e. The number of nitrogens with zero attached hydrogens (tertiary/aromatic N) is 4. The third-order valence-corrected chi connectivity index (χ3v) is 11.6. The Balaban J connectivity index is 1.36. The van der Waals surface area contributed by atoms with Crippen LogP contribution in [0, 0.1) is 0 Å². The van der Waals surface area contributed by atoms with Crippen molar-refractivity contribution in [3.05, 3.63) is 146 Å². The minimum atomic E-state index is 0.732. The lowest BCUT2D eigenvalue weighted by Crippen LogP contribution is -2.01. The molecule has 0 saturated heterocycles. The van der Waals surface area contributed by atoms with Crippen LogP contribution in [0.15, 0.2) is 146 Å². The Morgan fingerprint density at radius 2 is 1.18 bits per heavy atom. The van der Waals surface area contributed by atoms with Gasteiger partial charge in [0.05, 0.1) is 37.8 Å². The van der Waals surface area contributed by atoms with Crippen LogP contribution in [0.2, 0.25) is 0 Å². The first-order valence-corrected chi connectivity index (χ1v) is 17.4. The molecule has 0 aliphatic carbocycles. The van der Waals surface area contributed by atoms with Crippen LogP contribution in [-0.2, 0) is 0 Å². The monoisotopic (exact) mass is 640 g/mol. The van der Waals surface area contributed by atoms with Gasteiger partial charge >= 0.3 is 0 Å². The Morgan fingerprint density at radius 3 is 2.06 bits per heavy atom. The lowest BCUT2D eigenvalue weighted by molar-refractivity contribution is 1.08. The average Bonchev–Trinajstić information content (AvgIpc) is 3.90. The first kappa shape index (κ1) is 25.7. The first-order valence-electron chi connectivity index (χ1n) is 16.6. The van der Waals surface area contributed by atoms with Crippen LogP contribution >= 0.6 is 11.3 Å². The van der Waals surface area contributed by atoms with Gasteiger partial charge in [0, 0.05) is 48.0 Å². The second-order valence-electron chi connectivity index (χ2n) is 12.9. The summed E-state index contributed by atoms with van der Waals surface area (Å²) in [5, 5.41) is 11.3. The van der Waals surface area contributed by atoms with Gasteiger partial charge in [-0.05, 0) is 41.1 Å². The number of fused-ring (bicyclic) bond motifs is 15. The SMILES string of the molecule is c1ccc(-c2nc(-n3c4ccccc4c4cc5c6c7ccccc7ccc6n6c7ccccc7c(c43)c56)c3sc4ccccc4c3n2)cc1. The van der Waals surface area contributed by atoms with E-state index in [1.165, 1.54) is 69.9 Å². The van der Waals surface area contributed by atoms with E-state index in [0.717, 1.165) is 38.3 Å². The lowest BCUT2D eigenvalue weighted by Gasteiger charge is -2.12. The quantitative estimate of drug-likeness (QED) is 0.188. The van der Waals surface area contributed by atoms with Crippen molar-refractivity contribution < 1.29 is 0 Å². The summed E-state index contributed by atoms with van der Waals surface area (Å²) in [7, 11) is 0. The molecule has 0 unspecified atom stereocenters. The van der Waals surface area contributed by atoms with Crippen LogP contribution < -0.4 is 0 Å². The predicted molar refractivity (Wildman–Crippen MR) is 207 cm³/mol. The third-order valence-electron chi connectivity index (χ3n) is 10.4. The summed E-state index contributed by atoms with van der Waals surface area (Å²) in [5.41, 5.74) is 8.04. The van der Waals surface area contributed by atoms with Crippen LogP contribution in [0.4, 0.5) is 0 Å². The zero-order valence-corrected chi connectivity index (χ0v) is 26.9. The normalized spacial score (nSPS) is 12.5. The molecule has 0 aliphatic rings. The van der Waals surface area contributed by atoms with Crippen molar-refractivity contribution in [3.63, 3.8) is 0 Å². The third kappa shape index (κ3) is 3.23. The fourth-order valence-corrected chi connectivity index (χ4v) is 9.56. The fraction of sp³-hybridized carbons (Fsp3) is 0. The summed E-state index contributed by atoms with van der Waals surface area (Å²) < 4.78 is 7.23. The Kier molecular flexibility index (Phi) is 4.83. The van der Waals surface area contributed by atoms with E-state index in [4.69, 9.17) is 9.97 Å². The summed E-state index contributed by atoms with van der Waals surface area (Å²) in [6.45, 7) is 0. The van der Waals surface area contributed by atoms with Gasteiger partial charge in [0.1, 0.15) is 0 Å². The number of para-hydroxylation sites is 2. The molecule has 49 heavy (non-hydrogen) atoms. The van der Waals surface area contributed by atoms with Crippen LogP contribution in [0.25, 0.3) is 108 Å². The van der Waals surface area contributed by atoms with E-state index in [9.17, 15) is 0 Å². The molecule has 5 aromatic heterocycles. The molecular weight excluding hydrogens is 617 g/mol. The number of aromatic nitrogens is 4. The molecule has 0 atom stereocenters. The number of benzene rings is 7. The molecule has 0 bridgehead atoms. The van der Waals surface area contributed by atoms with Crippen LogP contribution in [0.5, 0.6) is 0 Å². The van der Waals surface area contributed by atoms with E-state index >= 15 is 0 Å². The molecule has 0 amide bonds. The van der Waals surface area contributed by atoms with Crippen molar-refractivity contribution in [2.24, 2.45) is 0 Å². The Labute approximate surface area is 283 Å². The molecule has 0 fully saturated rings. The standard InChI is InChI=1S/C44H24N4S/c1-2-13-26(14-3-1)43-45-39-30-18-8-11-21-36(30)49-42(39)44(46-43)48-33-19-9-6-16-28(33)31-24-32-37-27-15-5-4-12-25(27)22-23-35(37)47-34-20-10-7-17-29(34)38(40(31)48)41(32)47/h1-24H. The zero-order chi connectivity index (χ0) is 31.8. The van der Waals surface area contributed by atoms with Gasteiger partial charge in [-0.3, -0.25) is 4.57 Å². The van der Waals surface area contributed by atoms with Gasteiger partial charge in [-0.1, -0.05) is 115 Å². The Hall–Kier alpha value is -6.30. The van der Waals surface area contributed by atoms with Crippen LogP contribution in [0.3, 0.4) is 0 Å². The summed E-state index contributed by atoms with van der Waals surface area (Å²) in [5.74, 6) is 1.65. The van der Waals surface area contributed by atoms with Crippen molar-refractivity contribution >= 4 is 102 Å². The summed E-state index contributed by atoms with van der Waals surface area (Å²) in [4.78, 5) is 10.7. The molecule has 0 aliphatic heterocycles. The van der Waals surface area contributed by atoms with Crippen LogP contribution in [-0.4, -0.2) is 18.9 Å². The number of hydrogen-bond donors (Lipinski definition) is 0. The van der Waals surface area contributed by atoms with Crippen molar-refractivity contribution in [2.45, 2.75) is 0 Å². The second kappa shape index (κ2) is 9.19. The first-order chi connectivity index (χ1) is 24.3. The summed E-state index contributed by atoms with van der Waals surface area (Å²) in [6, 6.07) is 52.5. The van der Waals surface area contributed by atoms with E-state index in [1.54, 1.807) is 11.3 Å². The largest absolute Gasteiger partial charge is 0.308 e. The smallest absolute Gasteiger partial charge is 0.162 e. The molecule has 7 aromatic carbocycles. The van der Waals surface area contributed by atoms with Crippen molar-refractivity contribution in [1.82, 2.24) is 18.9 Å². The van der Waals surface area contributed by atoms with Gasteiger partial charge in [0.25, 0.3) is 0 Å². The molecule has 0 N–H and O–H groups in total. The molecule has 4 nitrogen and oxygen atoms in total. The second-order valence-corrected chi connectivity index (χ2v) is 14.0.